The molecule has 43 heavy (non-hydrogen) atoms. The van der Waals surface area contributed by atoms with Crippen LogP contribution in [0.1, 0.15) is 52.1 Å². The quantitative estimate of drug-likeness (QED) is 0.289. The van der Waals surface area contributed by atoms with Gasteiger partial charge in [0.1, 0.15) is 11.4 Å². The van der Waals surface area contributed by atoms with Crippen molar-refractivity contribution in [3.8, 4) is 22.5 Å². The number of hydrogen-bond acceptors (Lipinski definition) is 4. The number of carbonyl (C=O) groups excluding carboxylic acids is 2. The molecule has 1 saturated heterocycles. The molecule has 1 aromatic carbocycles. The highest BCUT2D eigenvalue weighted by Crippen LogP contribution is 2.60. The third-order valence-electron chi connectivity index (χ3n) is 10.7. The van der Waals surface area contributed by atoms with E-state index in [2.05, 4.69) is 57.0 Å². The molecule has 0 radical (unpaired) electrons. The molecular weight excluding hydrogens is 536 g/mol. The Hall–Kier alpha value is -4.46. The smallest absolute Gasteiger partial charge is 0.269 e. The van der Waals surface area contributed by atoms with Gasteiger partial charge in [-0.1, -0.05) is 18.2 Å². The van der Waals surface area contributed by atoms with Crippen LogP contribution in [0.25, 0.3) is 38.9 Å². The molecule has 216 valence electrons. The van der Waals surface area contributed by atoms with Crippen LogP contribution >= 0.6 is 0 Å². The number of pyridine rings is 2. The van der Waals surface area contributed by atoms with E-state index >= 15 is 0 Å². The summed E-state index contributed by atoms with van der Waals surface area (Å²) in [4.78, 5) is 32.1. The minimum absolute atomic E-state index is 0.155. The number of likely N-dealkylation sites (tertiary alicyclic amines) is 1. The van der Waals surface area contributed by atoms with Crippen LogP contribution in [0, 0.1) is 30.6 Å². The Bertz CT molecular complexity index is 1970. The first-order valence-corrected chi connectivity index (χ1v) is 15.6. The van der Waals surface area contributed by atoms with E-state index in [1.54, 1.807) is 19.3 Å². The molecule has 0 bridgehead atoms. The van der Waals surface area contributed by atoms with E-state index in [4.69, 9.17) is 5.10 Å². The van der Waals surface area contributed by atoms with Gasteiger partial charge in [0, 0.05) is 60.6 Å². The Labute approximate surface area is 249 Å². The van der Waals surface area contributed by atoms with Crippen molar-refractivity contribution >= 4 is 28.2 Å². The number of benzene rings is 1. The normalized spacial score (nSPS) is 23.7. The molecule has 1 N–H and O–H groups in total. The fraction of sp³-hybridized carbons (Fsp3) is 0.371. The molecule has 5 aromatic rings. The molecule has 0 spiro atoms. The minimum atomic E-state index is -0.191. The molecule has 1 aliphatic heterocycles. The van der Waals surface area contributed by atoms with Crippen LogP contribution in [-0.4, -0.2) is 55.5 Å². The second-order valence-electron chi connectivity index (χ2n) is 13.2. The Morgan fingerprint density at radius 2 is 1.84 bits per heavy atom. The number of hydrogen-bond donors (Lipinski definition) is 1. The van der Waals surface area contributed by atoms with Crippen molar-refractivity contribution < 1.29 is 9.59 Å². The molecule has 4 atom stereocenters. The molecule has 4 aliphatic rings. The molecule has 3 unspecified atom stereocenters. The number of aryl methyl sites for hydroxylation is 1. The average Bonchev–Trinajstić information content (AvgIpc) is 3.70. The van der Waals surface area contributed by atoms with Gasteiger partial charge in [-0.15, -0.1) is 0 Å². The van der Waals surface area contributed by atoms with Crippen molar-refractivity contribution in [3.63, 3.8) is 0 Å². The lowest BCUT2D eigenvalue weighted by Crippen LogP contribution is -2.53. The van der Waals surface area contributed by atoms with E-state index in [0.717, 1.165) is 70.0 Å². The van der Waals surface area contributed by atoms with E-state index in [9.17, 15) is 9.59 Å². The summed E-state index contributed by atoms with van der Waals surface area (Å²) in [5, 5.41) is 8.90. The van der Waals surface area contributed by atoms with Gasteiger partial charge in [0.15, 0.2) is 0 Å². The van der Waals surface area contributed by atoms with Gasteiger partial charge in [0.25, 0.3) is 11.8 Å². The van der Waals surface area contributed by atoms with Crippen LogP contribution in [0.3, 0.4) is 0 Å². The third kappa shape index (κ3) is 3.74. The maximum Gasteiger partial charge on any atom is 0.269 e. The highest BCUT2D eigenvalue weighted by atomic mass is 16.2. The maximum absolute atomic E-state index is 13.6. The summed E-state index contributed by atoms with van der Waals surface area (Å²) in [6.07, 6.45) is 8.70. The summed E-state index contributed by atoms with van der Waals surface area (Å²) >= 11 is 0. The van der Waals surface area contributed by atoms with E-state index in [-0.39, 0.29) is 11.8 Å². The number of aromatic nitrogens is 4. The second kappa shape index (κ2) is 9.02. The summed E-state index contributed by atoms with van der Waals surface area (Å²) < 4.78 is 4.34. The van der Waals surface area contributed by atoms with Crippen molar-refractivity contribution in [1.82, 2.24) is 29.4 Å². The van der Waals surface area contributed by atoms with Crippen LogP contribution < -0.4 is 5.32 Å². The highest BCUT2D eigenvalue weighted by Gasteiger charge is 2.61. The van der Waals surface area contributed by atoms with Crippen LogP contribution in [0.15, 0.2) is 60.9 Å². The van der Waals surface area contributed by atoms with Gasteiger partial charge in [0.2, 0.25) is 0 Å². The zero-order valence-corrected chi connectivity index (χ0v) is 24.5. The van der Waals surface area contributed by atoms with Crippen molar-refractivity contribution in [2.24, 2.45) is 23.7 Å². The number of carbonyl (C=O) groups is 2. The Kier molecular flexibility index (Phi) is 5.26. The molecular formula is C35H34N6O2. The molecule has 8 nitrogen and oxygen atoms in total. The van der Waals surface area contributed by atoms with Crippen LogP contribution in [-0.2, 0) is 6.54 Å². The van der Waals surface area contributed by atoms with Gasteiger partial charge < -0.3 is 14.8 Å². The minimum Gasteiger partial charge on any atom is -0.354 e. The van der Waals surface area contributed by atoms with Gasteiger partial charge in [-0.05, 0) is 92.2 Å². The number of nitrogens with zero attached hydrogens (tertiary/aromatic N) is 5. The lowest BCUT2D eigenvalue weighted by molar-refractivity contribution is -0.0204. The van der Waals surface area contributed by atoms with Crippen molar-refractivity contribution in [2.45, 2.75) is 45.2 Å². The summed E-state index contributed by atoms with van der Waals surface area (Å²) in [6.45, 7) is 4.01. The monoisotopic (exact) mass is 570 g/mol. The maximum atomic E-state index is 13.6. The largest absolute Gasteiger partial charge is 0.354 e. The van der Waals surface area contributed by atoms with Crippen molar-refractivity contribution in [3.05, 3.63) is 77.7 Å². The molecule has 4 aromatic heterocycles. The molecule has 2 amide bonds. The lowest BCUT2D eigenvalue weighted by atomic mass is 9.53. The van der Waals surface area contributed by atoms with E-state index in [0.29, 0.717) is 17.7 Å². The molecule has 4 fully saturated rings. The summed E-state index contributed by atoms with van der Waals surface area (Å²) in [6, 6.07) is 17.0. The second-order valence-corrected chi connectivity index (χ2v) is 13.2. The number of fused-ring (bicyclic) bond motifs is 2. The van der Waals surface area contributed by atoms with E-state index in [1.807, 2.05) is 22.8 Å². The Balaban J connectivity index is 1.09. The molecule has 8 heteroatoms. The van der Waals surface area contributed by atoms with Crippen LogP contribution in [0.2, 0.25) is 0 Å². The first-order chi connectivity index (χ1) is 21.0. The predicted molar refractivity (Wildman–Crippen MR) is 165 cm³/mol. The van der Waals surface area contributed by atoms with E-state index in [1.165, 1.54) is 36.6 Å². The van der Waals surface area contributed by atoms with Gasteiger partial charge in [-0.25, -0.2) is 4.52 Å². The fourth-order valence-corrected chi connectivity index (χ4v) is 8.12. The van der Waals surface area contributed by atoms with Crippen LogP contribution in [0.5, 0.6) is 0 Å². The van der Waals surface area contributed by atoms with Gasteiger partial charge >= 0.3 is 0 Å². The summed E-state index contributed by atoms with van der Waals surface area (Å²) in [7, 11) is 1.61. The topological polar surface area (TPSA) is 84.5 Å². The fourth-order valence-electron chi connectivity index (χ4n) is 8.12. The number of rotatable bonds is 6. The van der Waals surface area contributed by atoms with Crippen molar-refractivity contribution in [1.29, 1.82) is 0 Å². The summed E-state index contributed by atoms with van der Waals surface area (Å²) in [5.41, 5.74) is 8.56. The third-order valence-corrected chi connectivity index (χ3v) is 10.7. The van der Waals surface area contributed by atoms with Gasteiger partial charge in [0.05, 0.1) is 16.8 Å². The standard InChI is InChI=1S/C35H34N6O2/c1-19-28-10-8-24(35(43)40-17-26-11-25-14-30(40)32(25)26)18-41(28)38-33(19)31-13-22-6-5-21(12-29(22)39(31)16-20-3-4-20)23-7-9-27(37-15-23)34(42)36-2/h5-10,12-13,15,18,20,25-26,30,32H,3-4,11,14,16-17H2,1-2H3,(H,36,42)/t25?,26?,30?,32-/m1/s1. The van der Waals surface area contributed by atoms with Gasteiger partial charge in [-0.3, -0.25) is 14.6 Å². The Morgan fingerprint density at radius 3 is 2.58 bits per heavy atom. The predicted octanol–water partition coefficient (Wildman–Crippen LogP) is 5.58. The van der Waals surface area contributed by atoms with Gasteiger partial charge in [-0.2, -0.15) is 5.10 Å². The molecule has 3 aliphatic carbocycles. The van der Waals surface area contributed by atoms with E-state index < -0.39 is 0 Å². The van der Waals surface area contributed by atoms with Crippen molar-refractivity contribution in [2.75, 3.05) is 13.6 Å². The summed E-state index contributed by atoms with van der Waals surface area (Å²) in [5.74, 6) is 3.00. The molecule has 3 saturated carbocycles. The number of amides is 2. The molecule has 9 rings (SSSR count). The highest BCUT2D eigenvalue weighted by molar-refractivity contribution is 5.96. The SMILES string of the molecule is CNC(=O)c1ccc(-c2ccc3cc(-c4nn5cc(C(=O)N6CC7CC8CC6[C@H]87)ccc5c4C)n(CC4CC4)c3c2)cn1. The first kappa shape index (κ1) is 25.1. The Morgan fingerprint density at radius 1 is 0.977 bits per heavy atom. The molecule has 5 heterocycles. The average molecular weight is 571 g/mol. The zero-order valence-electron chi connectivity index (χ0n) is 24.5. The van der Waals surface area contributed by atoms with Crippen LogP contribution in [0.4, 0.5) is 0 Å². The number of nitrogens with one attached hydrogen (secondary N) is 1. The zero-order chi connectivity index (χ0) is 29.0. The first-order valence-electron chi connectivity index (χ1n) is 15.6. The lowest BCUT2D eigenvalue weighted by Gasteiger charge is -2.52.